The Bertz CT molecular complexity index is 575. The standard InChI is InChI=1S/C12H18N4OS/c1-15-11-10(8-14-15)12(17)16(9-13-11)6-4-2-3-5-7-18/h8-9,18H,2-7H2,1H3. The minimum absolute atomic E-state index is 0.00213. The van der Waals surface area contributed by atoms with Gasteiger partial charge in [0.1, 0.15) is 5.39 Å². The van der Waals surface area contributed by atoms with Crippen molar-refractivity contribution in [1.29, 1.82) is 0 Å². The van der Waals surface area contributed by atoms with Crippen LogP contribution in [0.2, 0.25) is 0 Å². The summed E-state index contributed by atoms with van der Waals surface area (Å²) < 4.78 is 3.29. The van der Waals surface area contributed by atoms with E-state index >= 15 is 0 Å². The smallest absolute Gasteiger partial charge is 0.264 e. The molecule has 18 heavy (non-hydrogen) atoms. The summed E-state index contributed by atoms with van der Waals surface area (Å²) in [4.78, 5) is 16.4. The molecule has 0 fully saturated rings. The van der Waals surface area contributed by atoms with Gasteiger partial charge in [0, 0.05) is 13.6 Å². The largest absolute Gasteiger partial charge is 0.299 e. The highest BCUT2D eigenvalue weighted by Crippen LogP contribution is 2.05. The van der Waals surface area contributed by atoms with E-state index in [0.29, 0.717) is 11.0 Å². The number of aromatic nitrogens is 4. The van der Waals surface area contributed by atoms with Gasteiger partial charge in [-0.15, -0.1) is 0 Å². The highest BCUT2D eigenvalue weighted by molar-refractivity contribution is 7.80. The summed E-state index contributed by atoms with van der Waals surface area (Å²) in [5.74, 6) is 0.934. The Hall–Kier alpha value is -1.30. The molecule has 2 aromatic rings. The minimum atomic E-state index is 0.00213. The summed E-state index contributed by atoms with van der Waals surface area (Å²) in [5.41, 5.74) is 0.647. The number of nitrogens with zero attached hydrogens (tertiary/aromatic N) is 4. The molecule has 0 aromatic carbocycles. The first kappa shape index (κ1) is 13.1. The van der Waals surface area contributed by atoms with Crippen molar-refractivity contribution in [3.05, 3.63) is 22.9 Å². The van der Waals surface area contributed by atoms with Crippen LogP contribution in [0.1, 0.15) is 25.7 Å². The Morgan fingerprint density at radius 3 is 2.83 bits per heavy atom. The zero-order valence-electron chi connectivity index (χ0n) is 10.5. The number of aryl methyl sites for hydroxylation is 2. The normalized spacial score (nSPS) is 11.2. The molecule has 98 valence electrons. The van der Waals surface area contributed by atoms with Crippen molar-refractivity contribution in [1.82, 2.24) is 19.3 Å². The van der Waals surface area contributed by atoms with Gasteiger partial charge >= 0.3 is 0 Å². The second-order valence-corrected chi connectivity index (χ2v) is 4.83. The highest BCUT2D eigenvalue weighted by atomic mass is 32.1. The van der Waals surface area contributed by atoms with Gasteiger partial charge in [-0.05, 0) is 18.6 Å². The third-order valence-corrected chi connectivity index (χ3v) is 3.34. The maximum absolute atomic E-state index is 12.1. The van der Waals surface area contributed by atoms with Gasteiger partial charge in [0.15, 0.2) is 5.65 Å². The second kappa shape index (κ2) is 6.04. The maximum Gasteiger partial charge on any atom is 0.264 e. The monoisotopic (exact) mass is 266 g/mol. The lowest BCUT2D eigenvalue weighted by Gasteiger charge is -2.04. The van der Waals surface area contributed by atoms with Crippen LogP contribution in [0.15, 0.2) is 17.3 Å². The molecule has 6 heteroatoms. The van der Waals surface area contributed by atoms with Gasteiger partial charge in [0.2, 0.25) is 0 Å². The number of thiol groups is 1. The van der Waals surface area contributed by atoms with Crippen LogP contribution in [-0.4, -0.2) is 25.1 Å². The Kier molecular flexibility index (Phi) is 4.41. The van der Waals surface area contributed by atoms with E-state index in [4.69, 9.17) is 0 Å². The first-order chi connectivity index (χ1) is 8.74. The third kappa shape index (κ3) is 2.75. The lowest BCUT2D eigenvalue weighted by molar-refractivity contribution is 0.568. The zero-order chi connectivity index (χ0) is 13.0. The minimum Gasteiger partial charge on any atom is -0.299 e. The van der Waals surface area contributed by atoms with Crippen molar-refractivity contribution >= 4 is 23.7 Å². The molecule has 0 saturated carbocycles. The van der Waals surface area contributed by atoms with Gasteiger partial charge in [-0.1, -0.05) is 12.8 Å². The van der Waals surface area contributed by atoms with Crippen LogP contribution in [0, 0.1) is 0 Å². The Morgan fingerprint density at radius 2 is 2.06 bits per heavy atom. The molecule has 0 atom stereocenters. The average Bonchev–Trinajstić information content (AvgIpc) is 2.74. The fourth-order valence-electron chi connectivity index (χ4n) is 1.97. The Morgan fingerprint density at radius 1 is 1.28 bits per heavy atom. The summed E-state index contributed by atoms with van der Waals surface area (Å²) in [6, 6.07) is 0. The maximum atomic E-state index is 12.1. The first-order valence-corrected chi connectivity index (χ1v) is 6.85. The SMILES string of the molecule is Cn1ncc2c(=O)n(CCCCCCS)cnc21. The van der Waals surface area contributed by atoms with Crippen LogP contribution in [0.3, 0.4) is 0 Å². The number of rotatable bonds is 6. The van der Waals surface area contributed by atoms with Crippen LogP contribution in [-0.2, 0) is 13.6 Å². The van der Waals surface area contributed by atoms with Crippen molar-refractivity contribution in [3.8, 4) is 0 Å². The Labute approximate surface area is 111 Å². The van der Waals surface area contributed by atoms with E-state index in [1.807, 2.05) is 0 Å². The van der Waals surface area contributed by atoms with Gasteiger partial charge in [0.25, 0.3) is 5.56 Å². The van der Waals surface area contributed by atoms with Crippen molar-refractivity contribution < 1.29 is 0 Å². The summed E-state index contributed by atoms with van der Waals surface area (Å²) in [5, 5.41) is 4.64. The lowest BCUT2D eigenvalue weighted by atomic mass is 10.2. The van der Waals surface area contributed by atoms with Crippen LogP contribution < -0.4 is 5.56 Å². The number of fused-ring (bicyclic) bond motifs is 1. The molecular formula is C12H18N4OS. The molecule has 0 aliphatic carbocycles. The van der Waals surface area contributed by atoms with Crippen molar-refractivity contribution in [2.24, 2.45) is 7.05 Å². The van der Waals surface area contributed by atoms with E-state index in [0.717, 1.165) is 31.6 Å². The molecule has 0 N–H and O–H groups in total. The quantitative estimate of drug-likeness (QED) is 0.638. The molecule has 0 radical (unpaired) electrons. The van der Waals surface area contributed by atoms with E-state index in [-0.39, 0.29) is 5.56 Å². The number of hydrogen-bond donors (Lipinski definition) is 1. The highest BCUT2D eigenvalue weighted by Gasteiger charge is 2.07. The fraction of sp³-hybridized carbons (Fsp3) is 0.583. The van der Waals surface area contributed by atoms with E-state index in [1.165, 1.54) is 6.42 Å². The molecule has 2 rings (SSSR count). The summed E-state index contributed by atoms with van der Waals surface area (Å²) in [6.07, 6.45) is 7.63. The third-order valence-electron chi connectivity index (χ3n) is 3.03. The molecule has 0 spiro atoms. The van der Waals surface area contributed by atoms with Crippen molar-refractivity contribution in [2.45, 2.75) is 32.2 Å². The van der Waals surface area contributed by atoms with Crippen LogP contribution in [0.4, 0.5) is 0 Å². The van der Waals surface area contributed by atoms with Gasteiger partial charge in [-0.25, -0.2) is 4.98 Å². The average molecular weight is 266 g/mol. The predicted molar refractivity (Wildman–Crippen MR) is 75.1 cm³/mol. The van der Waals surface area contributed by atoms with Crippen molar-refractivity contribution in [3.63, 3.8) is 0 Å². The predicted octanol–water partition coefficient (Wildman–Crippen LogP) is 1.62. The molecule has 0 aliphatic rings. The summed E-state index contributed by atoms with van der Waals surface area (Å²) in [7, 11) is 1.79. The molecule has 0 amide bonds. The van der Waals surface area contributed by atoms with E-state index in [2.05, 4.69) is 22.7 Å². The topological polar surface area (TPSA) is 52.7 Å². The Balaban J connectivity index is 2.05. The second-order valence-electron chi connectivity index (χ2n) is 4.39. The lowest BCUT2D eigenvalue weighted by Crippen LogP contribution is -2.20. The summed E-state index contributed by atoms with van der Waals surface area (Å²) >= 11 is 4.18. The van der Waals surface area contributed by atoms with Crippen LogP contribution in [0.25, 0.3) is 11.0 Å². The van der Waals surface area contributed by atoms with Gasteiger partial charge in [-0.3, -0.25) is 14.0 Å². The fourth-order valence-corrected chi connectivity index (χ4v) is 2.20. The molecule has 0 unspecified atom stereocenters. The molecule has 0 saturated heterocycles. The van der Waals surface area contributed by atoms with Crippen molar-refractivity contribution in [2.75, 3.05) is 5.75 Å². The van der Waals surface area contributed by atoms with E-state index < -0.39 is 0 Å². The molecule has 0 bridgehead atoms. The van der Waals surface area contributed by atoms with Gasteiger partial charge in [0.05, 0.1) is 12.5 Å². The summed E-state index contributed by atoms with van der Waals surface area (Å²) in [6.45, 7) is 0.725. The molecule has 5 nitrogen and oxygen atoms in total. The number of unbranched alkanes of at least 4 members (excludes halogenated alkanes) is 3. The van der Waals surface area contributed by atoms with Gasteiger partial charge < -0.3 is 0 Å². The van der Waals surface area contributed by atoms with Crippen LogP contribution in [0.5, 0.6) is 0 Å². The molecule has 2 heterocycles. The molecule has 0 aliphatic heterocycles. The zero-order valence-corrected chi connectivity index (χ0v) is 11.4. The van der Waals surface area contributed by atoms with E-state index in [9.17, 15) is 4.79 Å². The van der Waals surface area contributed by atoms with Crippen LogP contribution >= 0.6 is 12.6 Å². The number of hydrogen-bond acceptors (Lipinski definition) is 4. The van der Waals surface area contributed by atoms with Gasteiger partial charge in [-0.2, -0.15) is 17.7 Å². The van der Waals surface area contributed by atoms with E-state index in [1.54, 1.807) is 28.8 Å². The molecule has 2 aromatic heterocycles. The molecular weight excluding hydrogens is 248 g/mol. The first-order valence-electron chi connectivity index (χ1n) is 6.22.